The van der Waals surface area contributed by atoms with E-state index in [9.17, 15) is 4.79 Å². The molecule has 132 valence electrons. The van der Waals surface area contributed by atoms with Crippen LogP contribution in [0.15, 0.2) is 18.3 Å². The van der Waals surface area contributed by atoms with Gasteiger partial charge in [0.2, 0.25) is 11.8 Å². The molecule has 3 rings (SSSR count). The third-order valence-electron chi connectivity index (χ3n) is 4.79. The van der Waals surface area contributed by atoms with E-state index in [0.29, 0.717) is 32.2 Å². The average molecular weight is 333 g/mol. The molecular weight excluding hydrogens is 306 g/mol. The lowest BCUT2D eigenvalue weighted by Crippen LogP contribution is -2.53. The quantitative estimate of drug-likeness (QED) is 0.734. The van der Waals surface area contributed by atoms with Gasteiger partial charge in [-0.25, -0.2) is 4.98 Å². The Bertz CT molecular complexity index is 554. The van der Waals surface area contributed by atoms with Gasteiger partial charge in [-0.2, -0.15) is 0 Å². The van der Waals surface area contributed by atoms with E-state index in [2.05, 4.69) is 22.1 Å². The maximum Gasteiger partial charge on any atom is 0.240 e. The van der Waals surface area contributed by atoms with Crippen LogP contribution < -0.4 is 10.1 Å². The Kier molecular flexibility index (Phi) is 5.68. The number of nitrogens with zero attached hydrogens (tertiary/aromatic N) is 2. The molecule has 24 heavy (non-hydrogen) atoms. The highest BCUT2D eigenvalue weighted by molar-refractivity contribution is 5.89. The molecule has 1 N–H and O–H groups in total. The Morgan fingerprint density at radius 3 is 2.92 bits per heavy atom. The molecule has 0 radical (unpaired) electrons. The fourth-order valence-electron chi connectivity index (χ4n) is 3.14. The molecule has 6 heteroatoms. The highest BCUT2D eigenvalue weighted by Gasteiger charge is 2.54. The smallest absolute Gasteiger partial charge is 0.240 e. The molecule has 0 aromatic carbocycles. The first-order chi connectivity index (χ1) is 11.8. The maximum atomic E-state index is 12.7. The fraction of sp³-hybridized carbons (Fsp3) is 0.667. The lowest BCUT2D eigenvalue weighted by molar-refractivity contribution is -0.130. The van der Waals surface area contributed by atoms with Gasteiger partial charge >= 0.3 is 0 Å². The van der Waals surface area contributed by atoms with Crippen molar-refractivity contribution in [3.8, 4) is 5.88 Å². The van der Waals surface area contributed by atoms with Crippen molar-refractivity contribution in [3.63, 3.8) is 0 Å². The number of unbranched alkanes of at least 4 members (excludes halogenated alkanes) is 1. The summed E-state index contributed by atoms with van der Waals surface area (Å²) in [6.07, 6.45) is 5.68. The van der Waals surface area contributed by atoms with Gasteiger partial charge in [0.15, 0.2) is 0 Å². The summed E-state index contributed by atoms with van der Waals surface area (Å²) in [4.78, 5) is 19.3. The standard InChI is InChI=1S/C18H27N3O3/c1-2-3-11-24-16-15(5-4-8-19-16)14-20-17(22)18(6-7-18)21-9-12-23-13-10-21/h4-5,8H,2-3,6-7,9-14H2,1H3,(H,20,22). The lowest BCUT2D eigenvalue weighted by Gasteiger charge is -2.33. The normalized spacial score (nSPS) is 19.7. The van der Waals surface area contributed by atoms with Gasteiger partial charge in [0.1, 0.15) is 5.54 Å². The van der Waals surface area contributed by atoms with Crippen LogP contribution in [0.4, 0.5) is 0 Å². The van der Waals surface area contributed by atoms with Crippen LogP contribution in [0.25, 0.3) is 0 Å². The molecule has 6 nitrogen and oxygen atoms in total. The number of carbonyl (C=O) groups excluding carboxylic acids is 1. The summed E-state index contributed by atoms with van der Waals surface area (Å²) < 4.78 is 11.1. The Hall–Kier alpha value is -1.66. The molecule has 1 amide bonds. The van der Waals surface area contributed by atoms with Gasteiger partial charge in [-0.15, -0.1) is 0 Å². The summed E-state index contributed by atoms with van der Waals surface area (Å²) in [5.41, 5.74) is 0.620. The topological polar surface area (TPSA) is 63.7 Å². The Morgan fingerprint density at radius 1 is 1.42 bits per heavy atom. The number of pyridine rings is 1. The zero-order valence-electron chi connectivity index (χ0n) is 14.4. The number of amides is 1. The van der Waals surface area contributed by atoms with Crippen LogP contribution in [0.3, 0.4) is 0 Å². The molecule has 1 saturated heterocycles. The van der Waals surface area contributed by atoms with E-state index in [-0.39, 0.29) is 11.4 Å². The molecule has 0 atom stereocenters. The van der Waals surface area contributed by atoms with Crippen LogP contribution >= 0.6 is 0 Å². The largest absolute Gasteiger partial charge is 0.477 e. The molecular formula is C18H27N3O3. The van der Waals surface area contributed by atoms with Crippen molar-refractivity contribution in [1.29, 1.82) is 0 Å². The molecule has 1 aliphatic carbocycles. The van der Waals surface area contributed by atoms with Gasteiger partial charge in [-0.3, -0.25) is 9.69 Å². The number of morpholine rings is 1. The van der Waals surface area contributed by atoms with Gasteiger partial charge in [0.05, 0.1) is 19.8 Å². The molecule has 1 aromatic heterocycles. The van der Waals surface area contributed by atoms with Crippen LogP contribution in [0, 0.1) is 0 Å². The van der Waals surface area contributed by atoms with Crippen LogP contribution in [-0.2, 0) is 16.1 Å². The SMILES string of the molecule is CCCCOc1ncccc1CNC(=O)C1(N2CCOCC2)CC1. The summed E-state index contributed by atoms with van der Waals surface area (Å²) in [6.45, 7) is 6.35. The number of carbonyl (C=O) groups is 1. The van der Waals surface area contributed by atoms with Crippen molar-refractivity contribution in [1.82, 2.24) is 15.2 Å². The van der Waals surface area contributed by atoms with E-state index in [0.717, 1.165) is 44.3 Å². The minimum Gasteiger partial charge on any atom is -0.477 e. The molecule has 2 fully saturated rings. The number of rotatable bonds is 8. The van der Waals surface area contributed by atoms with Crippen molar-refractivity contribution in [2.75, 3.05) is 32.9 Å². The van der Waals surface area contributed by atoms with E-state index in [4.69, 9.17) is 9.47 Å². The molecule has 2 aliphatic rings. The van der Waals surface area contributed by atoms with Crippen LogP contribution in [0.1, 0.15) is 38.2 Å². The molecule has 0 unspecified atom stereocenters. The van der Waals surface area contributed by atoms with Gasteiger partial charge in [0, 0.05) is 31.4 Å². The Morgan fingerprint density at radius 2 is 2.21 bits per heavy atom. The van der Waals surface area contributed by atoms with E-state index in [1.54, 1.807) is 6.20 Å². The zero-order chi connectivity index (χ0) is 16.8. The highest BCUT2D eigenvalue weighted by atomic mass is 16.5. The molecule has 0 spiro atoms. The first kappa shape index (κ1) is 17.2. The fourth-order valence-corrected chi connectivity index (χ4v) is 3.14. The number of aromatic nitrogens is 1. The van der Waals surface area contributed by atoms with Crippen molar-refractivity contribution in [2.45, 2.75) is 44.7 Å². The Labute approximate surface area is 143 Å². The van der Waals surface area contributed by atoms with E-state index < -0.39 is 0 Å². The van der Waals surface area contributed by atoms with Crippen molar-refractivity contribution < 1.29 is 14.3 Å². The van der Waals surface area contributed by atoms with Gasteiger partial charge in [0.25, 0.3) is 0 Å². The van der Waals surface area contributed by atoms with Crippen molar-refractivity contribution in [3.05, 3.63) is 23.9 Å². The Balaban J connectivity index is 1.56. The molecule has 1 saturated carbocycles. The number of hydrogen-bond donors (Lipinski definition) is 1. The molecule has 0 bridgehead atoms. The summed E-state index contributed by atoms with van der Waals surface area (Å²) in [5, 5.41) is 3.09. The second-order valence-corrected chi connectivity index (χ2v) is 6.48. The van der Waals surface area contributed by atoms with E-state index in [1.165, 1.54) is 0 Å². The van der Waals surface area contributed by atoms with Gasteiger partial charge < -0.3 is 14.8 Å². The van der Waals surface area contributed by atoms with Gasteiger partial charge in [-0.1, -0.05) is 19.4 Å². The van der Waals surface area contributed by atoms with Crippen LogP contribution in [0.2, 0.25) is 0 Å². The van der Waals surface area contributed by atoms with Crippen LogP contribution in [0.5, 0.6) is 5.88 Å². The average Bonchev–Trinajstić information content (AvgIpc) is 3.44. The second-order valence-electron chi connectivity index (χ2n) is 6.48. The minimum absolute atomic E-state index is 0.118. The first-order valence-corrected chi connectivity index (χ1v) is 8.94. The minimum atomic E-state index is -0.310. The number of ether oxygens (including phenoxy) is 2. The number of hydrogen-bond acceptors (Lipinski definition) is 5. The lowest BCUT2D eigenvalue weighted by atomic mass is 10.1. The zero-order valence-corrected chi connectivity index (χ0v) is 14.4. The molecule has 1 aromatic rings. The first-order valence-electron chi connectivity index (χ1n) is 8.94. The monoisotopic (exact) mass is 333 g/mol. The van der Waals surface area contributed by atoms with Gasteiger partial charge in [-0.05, 0) is 25.3 Å². The number of nitrogens with one attached hydrogen (secondary N) is 1. The predicted octanol–water partition coefficient (Wildman–Crippen LogP) is 1.74. The van der Waals surface area contributed by atoms with Crippen molar-refractivity contribution >= 4 is 5.91 Å². The summed E-state index contributed by atoms with van der Waals surface area (Å²) in [7, 11) is 0. The maximum absolute atomic E-state index is 12.7. The van der Waals surface area contributed by atoms with E-state index >= 15 is 0 Å². The second kappa shape index (κ2) is 7.94. The third-order valence-corrected chi connectivity index (χ3v) is 4.79. The highest BCUT2D eigenvalue weighted by Crippen LogP contribution is 2.42. The van der Waals surface area contributed by atoms with Crippen molar-refractivity contribution in [2.24, 2.45) is 0 Å². The summed E-state index contributed by atoms with van der Waals surface area (Å²) in [5.74, 6) is 0.746. The molecule has 1 aliphatic heterocycles. The predicted molar refractivity (Wildman–Crippen MR) is 90.8 cm³/mol. The summed E-state index contributed by atoms with van der Waals surface area (Å²) in [6, 6.07) is 3.84. The van der Waals surface area contributed by atoms with E-state index in [1.807, 2.05) is 12.1 Å². The molecule has 2 heterocycles. The summed E-state index contributed by atoms with van der Waals surface area (Å²) >= 11 is 0. The van der Waals surface area contributed by atoms with Crippen LogP contribution in [-0.4, -0.2) is 54.2 Å². The third kappa shape index (κ3) is 3.87.